The molecule has 0 amide bonds. The molecule has 1 saturated heterocycles. The summed E-state index contributed by atoms with van der Waals surface area (Å²) in [6.07, 6.45) is -4.47. The monoisotopic (exact) mass is 524 g/mol. The van der Waals surface area contributed by atoms with Crippen LogP contribution in [0.4, 0.5) is 0 Å². The zero-order valence-electron chi connectivity index (χ0n) is 19.9. The highest BCUT2D eigenvalue weighted by Gasteiger charge is 2.50. The number of rotatable bonds is 8. The van der Waals surface area contributed by atoms with Crippen LogP contribution in [-0.4, -0.2) is 61.6 Å². The van der Waals surface area contributed by atoms with Gasteiger partial charge in [0.15, 0.2) is 18.5 Å². The van der Waals surface area contributed by atoms with Gasteiger partial charge in [0.1, 0.15) is 18.1 Å². The van der Waals surface area contributed by atoms with E-state index >= 15 is 0 Å². The van der Waals surface area contributed by atoms with Crippen molar-refractivity contribution in [3.05, 3.63) is 108 Å². The molecule has 0 spiro atoms. The summed E-state index contributed by atoms with van der Waals surface area (Å²) in [6, 6.07) is 25.1. The van der Waals surface area contributed by atoms with Gasteiger partial charge in [-0.05, 0) is 36.4 Å². The van der Waals surface area contributed by atoms with Gasteiger partial charge in [-0.3, -0.25) is 0 Å². The van der Waals surface area contributed by atoms with E-state index in [2.05, 4.69) is 0 Å². The Bertz CT molecular complexity index is 1190. The van der Waals surface area contributed by atoms with Gasteiger partial charge in [-0.1, -0.05) is 54.6 Å². The minimum atomic E-state index is -1.20. The summed E-state index contributed by atoms with van der Waals surface area (Å²) in [5.41, 5.74) is 0.928. The molecule has 3 aromatic rings. The summed E-state index contributed by atoms with van der Waals surface area (Å²) in [5, 5.41) is -1.05. The number of benzene rings is 3. The number of carbonyl (C=O) groups excluding carboxylic acids is 3. The molecule has 9 heteroatoms. The third-order valence-electron chi connectivity index (χ3n) is 5.70. The van der Waals surface area contributed by atoms with Crippen molar-refractivity contribution in [2.45, 2.75) is 30.0 Å². The topological polar surface area (TPSA) is 97.4 Å². The van der Waals surface area contributed by atoms with Crippen LogP contribution in [0.3, 0.4) is 0 Å². The number of alkyl halides is 1. The predicted molar refractivity (Wildman–Crippen MR) is 133 cm³/mol. The van der Waals surface area contributed by atoms with Crippen LogP contribution in [0.15, 0.2) is 91.0 Å². The summed E-state index contributed by atoms with van der Waals surface area (Å²) < 4.78 is 28.2. The minimum absolute atomic E-state index is 0.250. The lowest BCUT2D eigenvalue weighted by Gasteiger charge is -2.42. The Balaban J connectivity index is 1.55. The molecule has 4 rings (SSSR count). The summed E-state index contributed by atoms with van der Waals surface area (Å²) in [5.74, 6) is -1.92. The second-order valence-electron chi connectivity index (χ2n) is 8.16. The molecule has 1 heterocycles. The van der Waals surface area contributed by atoms with E-state index in [0.29, 0.717) is 5.56 Å². The number of esters is 3. The number of carbonyl (C=O) groups is 3. The summed E-state index contributed by atoms with van der Waals surface area (Å²) in [6.45, 7) is -0.250. The van der Waals surface area contributed by atoms with Gasteiger partial charge >= 0.3 is 17.9 Å². The molecule has 192 valence electrons. The standard InChI is InChI=1S/C28H25ClO8/c1-33-28-24(37-27(32)20-15-9-4-10-16-20)23(36-26(31)19-13-7-3-8-14-19)22(29)21(35-28)17-34-25(30)18-11-5-2-6-12-18/h2-16,21-24,28H,17H2,1H3/t21-,22+,23-,24+,28+/m1/s1. The van der Waals surface area contributed by atoms with E-state index in [4.69, 9.17) is 35.3 Å². The van der Waals surface area contributed by atoms with E-state index in [0.717, 1.165) is 0 Å². The maximum absolute atomic E-state index is 12.9. The highest BCUT2D eigenvalue weighted by atomic mass is 35.5. The zero-order chi connectivity index (χ0) is 26.2. The van der Waals surface area contributed by atoms with Crippen molar-refractivity contribution < 1.29 is 38.1 Å². The Morgan fingerprint density at radius 3 is 1.59 bits per heavy atom. The molecule has 0 aliphatic carbocycles. The molecule has 5 atom stereocenters. The second kappa shape index (κ2) is 12.5. The molecular formula is C28H25ClO8. The van der Waals surface area contributed by atoms with Crippen LogP contribution in [0.1, 0.15) is 31.1 Å². The SMILES string of the molecule is CO[C@H]1O[C@H](COC(=O)c2ccccc2)[C@H](Cl)[C@@H](OC(=O)c2ccccc2)[C@@H]1OC(=O)c1ccccc1. The van der Waals surface area contributed by atoms with Crippen LogP contribution < -0.4 is 0 Å². The van der Waals surface area contributed by atoms with E-state index < -0.39 is 47.9 Å². The lowest BCUT2D eigenvalue weighted by molar-refractivity contribution is -0.259. The van der Waals surface area contributed by atoms with Crippen molar-refractivity contribution in [3.8, 4) is 0 Å². The van der Waals surface area contributed by atoms with E-state index in [-0.39, 0.29) is 17.7 Å². The van der Waals surface area contributed by atoms with Gasteiger partial charge < -0.3 is 23.7 Å². The molecule has 8 nitrogen and oxygen atoms in total. The van der Waals surface area contributed by atoms with Crippen molar-refractivity contribution in [2.75, 3.05) is 13.7 Å². The van der Waals surface area contributed by atoms with E-state index in [1.807, 2.05) is 0 Å². The van der Waals surface area contributed by atoms with E-state index in [1.165, 1.54) is 7.11 Å². The largest absolute Gasteiger partial charge is 0.459 e. The highest BCUT2D eigenvalue weighted by molar-refractivity contribution is 6.21. The van der Waals surface area contributed by atoms with Gasteiger partial charge in [0.2, 0.25) is 0 Å². The van der Waals surface area contributed by atoms with Gasteiger partial charge in [0.05, 0.1) is 16.7 Å². The molecule has 37 heavy (non-hydrogen) atoms. The molecule has 1 fully saturated rings. The Hall–Kier alpha value is -3.72. The molecule has 0 aromatic heterocycles. The number of hydrogen-bond donors (Lipinski definition) is 0. The first-order valence-electron chi connectivity index (χ1n) is 11.5. The predicted octanol–water partition coefficient (Wildman–Crippen LogP) is 4.27. The first-order chi connectivity index (χ1) is 18.0. The summed E-state index contributed by atoms with van der Waals surface area (Å²) in [4.78, 5) is 38.2. The number of hydrogen-bond acceptors (Lipinski definition) is 8. The van der Waals surface area contributed by atoms with Crippen LogP contribution in [0.5, 0.6) is 0 Å². The molecule has 0 saturated carbocycles. The number of methoxy groups -OCH3 is 1. The molecule has 1 aliphatic heterocycles. The Morgan fingerprint density at radius 1 is 0.703 bits per heavy atom. The fourth-order valence-electron chi connectivity index (χ4n) is 3.80. The first kappa shape index (κ1) is 26.3. The lowest BCUT2D eigenvalue weighted by atomic mass is 10.0. The fraction of sp³-hybridized carbons (Fsp3) is 0.250. The second-order valence-corrected chi connectivity index (χ2v) is 8.66. The lowest BCUT2D eigenvalue weighted by Crippen LogP contribution is -2.60. The summed E-state index contributed by atoms with van der Waals surface area (Å²) in [7, 11) is 1.35. The number of halogens is 1. The Labute approximate surface area is 219 Å². The van der Waals surface area contributed by atoms with E-state index in [9.17, 15) is 14.4 Å². The quantitative estimate of drug-likeness (QED) is 0.245. The van der Waals surface area contributed by atoms with Crippen molar-refractivity contribution in [1.29, 1.82) is 0 Å². The van der Waals surface area contributed by atoms with Gasteiger partial charge in [-0.2, -0.15) is 0 Å². The zero-order valence-corrected chi connectivity index (χ0v) is 20.7. The van der Waals surface area contributed by atoms with Gasteiger partial charge in [0, 0.05) is 7.11 Å². The van der Waals surface area contributed by atoms with Gasteiger partial charge in [-0.25, -0.2) is 14.4 Å². The van der Waals surface area contributed by atoms with Gasteiger partial charge in [-0.15, -0.1) is 11.6 Å². The average Bonchev–Trinajstić information content (AvgIpc) is 2.95. The maximum atomic E-state index is 12.9. The Kier molecular flexibility index (Phi) is 8.90. The normalized spacial score (nSPS) is 23.0. The first-order valence-corrected chi connectivity index (χ1v) is 12.0. The minimum Gasteiger partial charge on any atom is -0.459 e. The molecular weight excluding hydrogens is 500 g/mol. The van der Waals surface area contributed by atoms with Gasteiger partial charge in [0.25, 0.3) is 0 Å². The van der Waals surface area contributed by atoms with Crippen molar-refractivity contribution in [2.24, 2.45) is 0 Å². The molecule has 3 aromatic carbocycles. The molecule has 0 unspecified atom stereocenters. The van der Waals surface area contributed by atoms with Crippen LogP contribution in [0.25, 0.3) is 0 Å². The summed E-state index contributed by atoms with van der Waals surface area (Å²) >= 11 is 6.72. The maximum Gasteiger partial charge on any atom is 0.338 e. The van der Waals surface area contributed by atoms with Crippen molar-refractivity contribution in [3.63, 3.8) is 0 Å². The van der Waals surface area contributed by atoms with Crippen LogP contribution >= 0.6 is 11.6 Å². The average molecular weight is 525 g/mol. The van der Waals surface area contributed by atoms with Crippen LogP contribution in [-0.2, 0) is 23.7 Å². The van der Waals surface area contributed by atoms with E-state index in [1.54, 1.807) is 91.0 Å². The van der Waals surface area contributed by atoms with Crippen LogP contribution in [0, 0.1) is 0 Å². The van der Waals surface area contributed by atoms with Crippen LogP contribution in [0.2, 0.25) is 0 Å². The smallest absolute Gasteiger partial charge is 0.338 e. The van der Waals surface area contributed by atoms with Crippen molar-refractivity contribution in [1.82, 2.24) is 0 Å². The number of ether oxygens (including phenoxy) is 5. The highest BCUT2D eigenvalue weighted by Crippen LogP contribution is 2.31. The van der Waals surface area contributed by atoms with Crippen molar-refractivity contribution >= 4 is 29.5 Å². The molecule has 1 aliphatic rings. The fourth-order valence-corrected chi connectivity index (χ4v) is 4.12. The molecule has 0 bridgehead atoms. The molecule has 0 radical (unpaired) electrons. The third-order valence-corrected chi connectivity index (χ3v) is 6.23. The molecule has 0 N–H and O–H groups in total. The Morgan fingerprint density at radius 2 is 1.14 bits per heavy atom. The third kappa shape index (κ3) is 6.54.